The summed E-state index contributed by atoms with van der Waals surface area (Å²) < 4.78 is 6.50. The fraction of sp³-hybridized carbons (Fsp3) is 0.0588. The number of rotatable bonds is 4. The van der Waals surface area contributed by atoms with Gasteiger partial charge in [-0.05, 0) is 44.4 Å². The van der Waals surface area contributed by atoms with Gasteiger partial charge in [0, 0.05) is 10.7 Å². The number of carbonyl (C=O) groups is 1. The van der Waals surface area contributed by atoms with Crippen LogP contribution in [0.1, 0.15) is 16.1 Å². The van der Waals surface area contributed by atoms with Crippen molar-refractivity contribution < 1.29 is 9.53 Å². The summed E-state index contributed by atoms with van der Waals surface area (Å²) >= 11 is 3.33. The van der Waals surface area contributed by atoms with E-state index in [2.05, 4.69) is 45.2 Å². The molecule has 104 valence electrons. The average Bonchev–Trinajstić information content (AvgIpc) is 2.53. The molecule has 0 spiro atoms. The first-order valence-electron chi connectivity index (χ1n) is 6.47. The van der Waals surface area contributed by atoms with Gasteiger partial charge in [-0.3, -0.25) is 4.79 Å². The lowest BCUT2D eigenvalue weighted by Crippen LogP contribution is -2.00. The highest BCUT2D eigenvalue weighted by Crippen LogP contribution is 2.22. The molecule has 1 heterocycles. The summed E-state index contributed by atoms with van der Waals surface area (Å²) in [5, 5.41) is 2.36. The molecule has 0 bridgehead atoms. The molecule has 4 heteroatoms. The third-order valence-electron chi connectivity index (χ3n) is 3.17. The van der Waals surface area contributed by atoms with Crippen LogP contribution < -0.4 is 4.74 Å². The number of hydrogen-bond donors (Lipinski definition) is 0. The fourth-order valence-corrected chi connectivity index (χ4v) is 2.44. The summed E-state index contributed by atoms with van der Waals surface area (Å²) in [6, 6.07) is 16.1. The van der Waals surface area contributed by atoms with Gasteiger partial charge in [0.25, 0.3) is 0 Å². The van der Waals surface area contributed by atoms with Crippen LogP contribution in [0.2, 0.25) is 0 Å². The van der Waals surface area contributed by atoms with Crippen LogP contribution in [-0.2, 0) is 6.61 Å². The average molecular weight is 342 g/mol. The molecule has 0 atom stereocenters. The van der Waals surface area contributed by atoms with Crippen LogP contribution in [0.4, 0.5) is 0 Å². The van der Waals surface area contributed by atoms with Gasteiger partial charge >= 0.3 is 0 Å². The van der Waals surface area contributed by atoms with Crippen LogP contribution in [0.15, 0.2) is 59.2 Å². The molecular weight excluding hydrogens is 330 g/mol. The number of aromatic nitrogens is 1. The van der Waals surface area contributed by atoms with Crippen molar-refractivity contribution in [1.29, 1.82) is 0 Å². The number of nitrogens with zero attached hydrogens (tertiary/aromatic N) is 1. The predicted molar refractivity (Wildman–Crippen MR) is 85.6 cm³/mol. The van der Waals surface area contributed by atoms with E-state index in [4.69, 9.17) is 4.74 Å². The molecule has 0 amide bonds. The van der Waals surface area contributed by atoms with Crippen molar-refractivity contribution in [3.8, 4) is 5.75 Å². The van der Waals surface area contributed by atoms with Crippen LogP contribution in [0.3, 0.4) is 0 Å². The Kier molecular flexibility index (Phi) is 3.97. The second kappa shape index (κ2) is 6.06. The molecule has 21 heavy (non-hydrogen) atoms. The Labute approximate surface area is 130 Å². The Morgan fingerprint density at radius 2 is 1.90 bits per heavy atom. The third kappa shape index (κ3) is 3.11. The lowest BCUT2D eigenvalue weighted by Gasteiger charge is -2.09. The summed E-state index contributed by atoms with van der Waals surface area (Å²) in [6.45, 7) is 0.393. The Bertz CT molecular complexity index is 802. The molecule has 0 N–H and O–H groups in total. The molecule has 1 aromatic heterocycles. The van der Waals surface area contributed by atoms with Crippen LogP contribution in [0.25, 0.3) is 10.8 Å². The van der Waals surface area contributed by atoms with Gasteiger partial charge in [0.05, 0.1) is 0 Å². The maximum atomic E-state index is 11.0. The standard InChI is InChI=1S/C17H12BrNO2/c18-15-8-17(16(10-20)19-9-15)21-11-12-5-6-13-3-1-2-4-14(13)7-12/h1-10H,11H2. The fourth-order valence-electron chi connectivity index (χ4n) is 2.13. The van der Waals surface area contributed by atoms with Crippen molar-refractivity contribution >= 4 is 33.0 Å². The SMILES string of the molecule is O=Cc1ncc(Br)cc1OCc1ccc2ccccc2c1. The second-order valence-electron chi connectivity index (χ2n) is 4.62. The molecule has 0 aliphatic heterocycles. The Hall–Kier alpha value is -2.20. The van der Waals surface area contributed by atoms with Crippen molar-refractivity contribution in [3.05, 3.63) is 70.5 Å². The van der Waals surface area contributed by atoms with Crippen LogP contribution in [0.5, 0.6) is 5.75 Å². The molecule has 3 aromatic rings. The molecule has 0 unspecified atom stereocenters. The van der Waals surface area contributed by atoms with E-state index in [1.165, 1.54) is 10.8 Å². The van der Waals surface area contributed by atoms with Gasteiger partial charge in [0.1, 0.15) is 18.1 Å². The van der Waals surface area contributed by atoms with Crippen LogP contribution in [0, 0.1) is 0 Å². The van der Waals surface area contributed by atoms with E-state index in [1.807, 2.05) is 18.2 Å². The van der Waals surface area contributed by atoms with Crippen LogP contribution in [-0.4, -0.2) is 11.3 Å². The van der Waals surface area contributed by atoms with Crippen molar-refractivity contribution in [2.45, 2.75) is 6.61 Å². The van der Waals surface area contributed by atoms with Crippen molar-refractivity contribution in [3.63, 3.8) is 0 Å². The van der Waals surface area contributed by atoms with Crippen molar-refractivity contribution in [2.24, 2.45) is 0 Å². The Morgan fingerprint density at radius 1 is 1.10 bits per heavy atom. The maximum absolute atomic E-state index is 11.0. The zero-order valence-corrected chi connectivity index (χ0v) is 12.7. The molecule has 0 aliphatic carbocycles. The Balaban J connectivity index is 1.83. The zero-order chi connectivity index (χ0) is 14.7. The highest BCUT2D eigenvalue weighted by Gasteiger charge is 2.06. The minimum absolute atomic E-state index is 0.305. The summed E-state index contributed by atoms with van der Waals surface area (Å²) in [5.74, 6) is 0.479. The first-order valence-corrected chi connectivity index (χ1v) is 7.27. The smallest absolute Gasteiger partial charge is 0.172 e. The number of fused-ring (bicyclic) bond motifs is 1. The third-order valence-corrected chi connectivity index (χ3v) is 3.60. The van der Waals surface area contributed by atoms with Gasteiger partial charge in [-0.2, -0.15) is 0 Å². The van der Waals surface area contributed by atoms with Gasteiger partial charge in [0.2, 0.25) is 0 Å². The van der Waals surface area contributed by atoms with E-state index in [9.17, 15) is 4.79 Å². The minimum atomic E-state index is 0.305. The Morgan fingerprint density at radius 3 is 2.71 bits per heavy atom. The topological polar surface area (TPSA) is 39.2 Å². The van der Waals surface area contributed by atoms with Gasteiger partial charge in [-0.25, -0.2) is 4.98 Å². The first-order chi connectivity index (χ1) is 10.3. The molecule has 0 saturated carbocycles. The lowest BCUT2D eigenvalue weighted by molar-refractivity contribution is 0.111. The summed E-state index contributed by atoms with van der Waals surface area (Å²) in [6.07, 6.45) is 2.27. The number of benzene rings is 2. The van der Waals surface area contributed by atoms with E-state index < -0.39 is 0 Å². The number of hydrogen-bond acceptors (Lipinski definition) is 3. The van der Waals surface area contributed by atoms with E-state index >= 15 is 0 Å². The number of carbonyl (C=O) groups excluding carboxylic acids is 1. The second-order valence-corrected chi connectivity index (χ2v) is 5.54. The van der Waals surface area contributed by atoms with Crippen molar-refractivity contribution in [2.75, 3.05) is 0 Å². The maximum Gasteiger partial charge on any atom is 0.172 e. The van der Waals surface area contributed by atoms with E-state index in [-0.39, 0.29) is 0 Å². The summed E-state index contributed by atoms with van der Waals surface area (Å²) in [7, 11) is 0. The summed E-state index contributed by atoms with van der Waals surface area (Å²) in [5.41, 5.74) is 1.35. The molecule has 0 saturated heterocycles. The molecule has 0 fully saturated rings. The van der Waals surface area contributed by atoms with Crippen LogP contribution >= 0.6 is 15.9 Å². The van der Waals surface area contributed by atoms with E-state index in [1.54, 1.807) is 12.3 Å². The van der Waals surface area contributed by atoms with E-state index in [0.29, 0.717) is 24.3 Å². The highest BCUT2D eigenvalue weighted by molar-refractivity contribution is 9.10. The monoisotopic (exact) mass is 341 g/mol. The summed E-state index contributed by atoms with van der Waals surface area (Å²) in [4.78, 5) is 15.0. The molecule has 0 radical (unpaired) electrons. The number of halogens is 1. The molecular formula is C17H12BrNO2. The van der Waals surface area contributed by atoms with Gasteiger partial charge < -0.3 is 4.74 Å². The quantitative estimate of drug-likeness (QED) is 0.660. The highest BCUT2D eigenvalue weighted by atomic mass is 79.9. The van der Waals surface area contributed by atoms with Gasteiger partial charge in [-0.15, -0.1) is 0 Å². The molecule has 0 aliphatic rings. The zero-order valence-electron chi connectivity index (χ0n) is 11.1. The van der Waals surface area contributed by atoms with Crippen molar-refractivity contribution in [1.82, 2.24) is 4.98 Å². The minimum Gasteiger partial charge on any atom is -0.486 e. The molecule has 2 aromatic carbocycles. The number of aldehydes is 1. The molecule has 3 nitrogen and oxygen atoms in total. The largest absolute Gasteiger partial charge is 0.486 e. The molecule has 3 rings (SSSR count). The van der Waals surface area contributed by atoms with Gasteiger partial charge in [0.15, 0.2) is 6.29 Å². The predicted octanol–water partition coefficient (Wildman–Crippen LogP) is 4.39. The van der Waals surface area contributed by atoms with Gasteiger partial charge in [-0.1, -0.05) is 36.4 Å². The van der Waals surface area contributed by atoms with E-state index in [0.717, 1.165) is 10.0 Å². The normalized spacial score (nSPS) is 10.5. The number of ether oxygens (including phenoxy) is 1. The lowest BCUT2D eigenvalue weighted by atomic mass is 10.1. The number of pyridine rings is 1. The first kappa shape index (κ1) is 13.8.